The minimum absolute atomic E-state index is 0. The van der Waals surface area contributed by atoms with E-state index in [-0.39, 0.29) is 37.2 Å². The maximum atomic E-state index is 11.6. The molecule has 0 spiro atoms. The number of hydrogen-bond acceptors (Lipinski definition) is 12. The Hall–Kier alpha value is -2.74. The van der Waals surface area contributed by atoms with Crippen molar-refractivity contribution in [1.29, 1.82) is 0 Å². The Balaban J connectivity index is 0.00000124. The Kier molecular flexibility index (Phi) is 54.7. The van der Waals surface area contributed by atoms with Crippen molar-refractivity contribution in [2.24, 2.45) is 0 Å². The maximum absolute atomic E-state index is 11.6. The Morgan fingerprint density at radius 3 is 0.741 bits per heavy atom. The van der Waals surface area contributed by atoms with Gasteiger partial charge in [0.25, 0.3) is 0 Å². The van der Waals surface area contributed by atoms with Crippen molar-refractivity contribution < 1.29 is 55.5 Å². The first-order valence-electron chi connectivity index (χ1n) is 32.9. The van der Waals surface area contributed by atoms with E-state index in [2.05, 4.69) is 70.8 Å². The number of allylic oxidation sites excluding steroid dienone is 6. The zero-order valence-corrected chi connectivity index (χ0v) is 57.6. The van der Waals surface area contributed by atoms with Crippen LogP contribution in [0.15, 0.2) is 109 Å². The smallest absolute Gasteiger partial charge is 0.746 e. The SMILES string of the molecule is CCCCCCCCCCCCC=CCc1cccc(OP(=O)([O-])OCC)c1.CCCCCCCCCCCCC=CCc1cccc(OP(=O)([O-])OCC)c1.CCCCCCCCCCCCC=CCc1cccc(OP(=O)([O-])OCC)c1.[Al+3]. The maximum Gasteiger partial charge on any atom is 3.00 e. The largest absolute Gasteiger partial charge is 3.00 e. The third-order valence-electron chi connectivity index (χ3n) is 13.9. The van der Waals surface area contributed by atoms with Gasteiger partial charge in [0.05, 0.1) is 19.8 Å². The van der Waals surface area contributed by atoms with Crippen molar-refractivity contribution in [2.75, 3.05) is 19.8 Å². The minimum atomic E-state index is -4.26. The van der Waals surface area contributed by atoms with Crippen LogP contribution in [0.25, 0.3) is 0 Å². The molecule has 0 aromatic heterocycles. The average Bonchev–Trinajstić information content (AvgIpc) is 3.48. The number of phosphoric acid groups is 3. The summed E-state index contributed by atoms with van der Waals surface area (Å²) in [6, 6.07) is 21.4. The van der Waals surface area contributed by atoms with Gasteiger partial charge in [0.1, 0.15) is 17.2 Å². The molecule has 0 aliphatic rings. The van der Waals surface area contributed by atoms with Gasteiger partial charge in [0.2, 0.25) is 0 Å². The fourth-order valence-corrected chi connectivity index (χ4v) is 11.6. The van der Waals surface area contributed by atoms with Crippen LogP contribution in [0, 0.1) is 0 Å². The first kappa shape index (κ1) is 82.3. The quantitative estimate of drug-likeness (QED) is 0.0227. The van der Waals surface area contributed by atoms with Crippen LogP contribution >= 0.6 is 23.5 Å². The van der Waals surface area contributed by atoms with Gasteiger partial charge in [0, 0.05) is 0 Å². The molecule has 0 aliphatic carbocycles. The van der Waals surface area contributed by atoms with Gasteiger partial charge in [-0.25, -0.2) is 0 Å². The van der Waals surface area contributed by atoms with Crippen LogP contribution in [0.1, 0.15) is 270 Å². The van der Waals surface area contributed by atoms with E-state index in [0.717, 1.165) is 55.2 Å². The van der Waals surface area contributed by atoms with Crippen LogP contribution in [-0.2, 0) is 46.5 Å². The average molecular weight is 1260 g/mol. The second kappa shape index (κ2) is 56.5. The molecule has 0 radical (unpaired) electrons. The molecule has 3 aromatic rings. The number of unbranched alkanes of at least 4 members (excludes halogenated alkanes) is 30. The second-order valence-electron chi connectivity index (χ2n) is 21.7. The fraction of sp³-hybridized carbons (Fsp3) is 0.652. The van der Waals surface area contributed by atoms with Crippen molar-refractivity contribution in [3.63, 3.8) is 0 Å². The molecule has 0 aliphatic heterocycles. The number of benzene rings is 3. The topological polar surface area (TPSA) is 176 Å². The molecule has 85 heavy (non-hydrogen) atoms. The van der Waals surface area contributed by atoms with Gasteiger partial charge in [-0.3, -0.25) is 13.7 Å². The second-order valence-corrected chi connectivity index (χ2v) is 25.8. The standard InChI is InChI=1S/3C23H39O4P.Al/c3*1-3-5-6-7-8-9-10-11-12-13-14-15-16-18-22-19-17-20-23(21-22)27-28(24,25)26-4-2;/h3*15-17,19-21H,3-14,18H2,1-2H3,(H,24,25);/q;;;+3/p-3. The van der Waals surface area contributed by atoms with E-state index in [1.165, 1.54) is 193 Å². The molecule has 0 saturated heterocycles. The van der Waals surface area contributed by atoms with Crippen molar-refractivity contribution in [3.05, 3.63) is 126 Å². The molecule has 0 bridgehead atoms. The molecule has 0 fully saturated rings. The van der Waals surface area contributed by atoms with Crippen molar-refractivity contribution in [1.82, 2.24) is 0 Å². The summed E-state index contributed by atoms with van der Waals surface area (Å²) < 4.78 is 63.4. The van der Waals surface area contributed by atoms with Gasteiger partial charge in [-0.2, -0.15) is 0 Å². The fourth-order valence-electron chi connectivity index (χ4n) is 9.39. The predicted molar refractivity (Wildman–Crippen MR) is 353 cm³/mol. The Labute approximate surface area is 529 Å². The normalized spacial score (nSPS) is 13.5. The predicted octanol–water partition coefficient (Wildman–Crippen LogP) is 20.6. The van der Waals surface area contributed by atoms with E-state index in [4.69, 9.17) is 13.6 Å². The summed E-state index contributed by atoms with van der Waals surface area (Å²) in [7, 11) is -12.8. The van der Waals surface area contributed by atoms with E-state index in [0.29, 0.717) is 17.2 Å². The van der Waals surface area contributed by atoms with E-state index in [9.17, 15) is 28.4 Å². The van der Waals surface area contributed by atoms with E-state index < -0.39 is 23.5 Å². The minimum Gasteiger partial charge on any atom is -0.746 e. The Bertz CT molecular complexity index is 2010. The van der Waals surface area contributed by atoms with Gasteiger partial charge < -0.3 is 41.8 Å². The molecule has 16 heteroatoms. The number of hydrogen-bond donors (Lipinski definition) is 0. The van der Waals surface area contributed by atoms with Crippen LogP contribution in [0.2, 0.25) is 0 Å². The first-order valence-corrected chi connectivity index (χ1v) is 37.3. The zero-order valence-electron chi connectivity index (χ0n) is 53.8. The monoisotopic (exact) mass is 1250 g/mol. The van der Waals surface area contributed by atoms with Crippen LogP contribution < -0.4 is 28.3 Å². The Morgan fingerprint density at radius 1 is 0.318 bits per heavy atom. The van der Waals surface area contributed by atoms with Crippen LogP contribution in [0.3, 0.4) is 0 Å². The number of rotatable bonds is 51. The summed E-state index contributed by atoms with van der Waals surface area (Å²) in [5, 5.41) is 0. The summed E-state index contributed by atoms with van der Waals surface area (Å²) >= 11 is 0. The molecule has 3 rings (SSSR count). The first-order chi connectivity index (χ1) is 40.7. The number of phosphoric ester groups is 3. The molecule has 12 nitrogen and oxygen atoms in total. The molecule has 3 unspecified atom stereocenters. The third kappa shape index (κ3) is 51.8. The molecular weight excluding hydrogens is 1140 g/mol. The molecule has 3 atom stereocenters. The van der Waals surface area contributed by atoms with E-state index in [1.807, 2.05) is 18.2 Å². The van der Waals surface area contributed by atoms with Gasteiger partial charge in [-0.15, -0.1) is 0 Å². The molecule has 0 amide bonds. The van der Waals surface area contributed by atoms with Crippen molar-refractivity contribution in [3.8, 4) is 17.2 Å². The van der Waals surface area contributed by atoms with Gasteiger partial charge in [0.15, 0.2) is 0 Å². The molecule has 0 N–H and O–H groups in total. The molecule has 480 valence electrons. The van der Waals surface area contributed by atoms with E-state index in [1.54, 1.807) is 75.4 Å². The third-order valence-corrected chi connectivity index (χ3v) is 17.0. The van der Waals surface area contributed by atoms with Gasteiger partial charge >= 0.3 is 40.8 Å². The molecule has 0 saturated carbocycles. The van der Waals surface area contributed by atoms with Crippen LogP contribution in [0.5, 0.6) is 17.2 Å². The van der Waals surface area contributed by atoms with Gasteiger partial charge in [-0.1, -0.05) is 267 Å². The molecule has 3 aromatic carbocycles. The van der Waals surface area contributed by atoms with Crippen molar-refractivity contribution in [2.45, 2.75) is 273 Å². The summed E-state index contributed by atoms with van der Waals surface area (Å²) in [6.07, 6.45) is 59.4. The van der Waals surface area contributed by atoms with Crippen LogP contribution in [0.4, 0.5) is 0 Å². The van der Waals surface area contributed by atoms with Crippen molar-refractivity contribution >= 4 is 40.8 Å². The Morgan fingerprint density at radius 2 is 0.529 bits per heavy atom. The summed E-state index contributed by atoms with van der Waals surface area (Å²) in [4.78, 5) is 34.7. The van der Waals surface area contributed by atoms with E-state index >= 15 is 0 Å². The molecular formula is C69H114AlO12P3. The van der Waals surface area contributed by atoms with Gasteiger partial charge in [-0.05, 0) is 132 Å². The zero-order chi connectivity index (χ0) is 61.5. The summed E-state index contributed by atoms with van der Waals surface area (Å²) in [5.74, 6) is 0.895. The summed E-state index contributed by atoms with van der Waals surface area (Å²) in [6.45, 7) is 11.8. The van der Waals surface area contributed by atoms with Crippen LogP contribution in [-0.4, -0.2) is 37.2 Å². The summed E-state index contributed by atoms with van der Waals surface area (Å²) in [5.41, 5.74) is 3.06. The molecule has 0 heterocycles.